The SMILES string of the molecule is CC1CCCN(c2ncc(C(=O)Nc3cccc(F)c3)cn2)C1. The first-order valence-corrected chi connectivity index (χ1v) is 7.76. The van der Waals surface area contributed by atoms with Gasteiger partial charge in [-0.05, 0) is 37.0 Å². The number of carbonyl (C=O) groups is 1. The second kappa shape index (κ2) is 6.73. The quantitative estimate of drug-likeness (QED) is 0.946. The van der Waals surface area contributed by atoms with E-state index in [9.17, 15) is 9.18 Å². The van der Waals surface area contributed by atoms with Crippen molar-refractivity contribution in [2.24, 2.45) is 5.92 Å². The number of benzene rings is 1. The summed E-state index contributed by atoms with van der Waals surface area (Å²) in [6.45, 7) is 4.10. The van der Waals surface area contributed by atoms with Crippen LogP contribution in [-0.4, -0.2) is 29.0 Å². The van der Waals surface area contributed by atoms with E-state index in [0.29, 0.717) is 23.1 Å². The maximum atomic E-state index is 13.1. The molecule has 0 radical (unpaired) electrons. The Kier molecular flexibility index (Phi) is 4.50. The standard InChI is InChI=1S/C17H19FN4O/c1-12-4-3-7-22(11-12)17-19-9-13(10-20-17)16(23)21-15-6-2-5-14(18)8-15/h2,5-6,8-10,12H,3-4,7,11H2,1H3,(H,21,23). The number of nitrogens with one attached hydrogen (secondary N) is 1. The van der Waals surface area contributed by atoms with E-state index in [1.165, 1.54) is 30.9 Å². The average molecular weight is 314 g/mol. The number of carbonyl (C=O) groups excluding carboxylic acids is 1. The van der Waals surface area contributed by atoms with Crippen molar-refractivity contribution < 1.29 is 9.18 Å². The lowest BCUT2D eigenvalue weighted by molar-refractivity contribution is 0.102. The summed E-state index contributed by atoms with van der Waals surface area (Å²) < 4.78 is 13.1. The molecule has 1 aliphatic rings. The largest absolute Gasteiger partial charge is 0.341 e. The molecule has 1 aromatic heterocycles. The van der Waals surface area contributed by atoms with Gasteiger partial charge in [0.05, 0.1) is 5.56 Å². The van der Waals surface area contributed by atoms with E-state index in [2.05, 4.69) is 27.1 Å². The molecule has 0 spiro atoms. The number of halogens is 1. The molecule has 1 aromatic carbocycles. The second-order valence-corrected chi connectivity index (χ2v) is 5.93. The van der Waals surface area contributed by atoms with Crippen LogP contribution in [0.5, 0.6) is 0 Å². The second-order valence-electron chi connectivity index (χ2n) is 5.93. The summed E-state index contributed by atoms with van der Waals surface area (Å²) in [6.07, 6.45) is 5.38. The van der Waals surface area contributed by atoms with Crippen molar-refractivity contribution in [3.05, 3.63) is 48.0 Å². The van der Waals surface area contributed by atoms with Crippen molar-refractivity contribution in [3.63, 3.8) is 0 Å². The summed E-state index contributed by atoms with van der Waals surface area (Å²) in [7, 11) is 0. The van der Waals surface area contributed by atoms with Crippen LogP contribution < -0.4 is 10.2 Å². The molecule has 0 bridgehead atoms. The maximum Gasteiger partial charge on any atom is 0.258 e. The summed E-state index contributed by atoms with van der Waals surface area (Å²) in [5.74, 6) is 0.532. The first-order chi connectivity index (χ1) is 11.1. The number of hydrogen-bond acceptors (Lipinski definition) is 4. The molecule has 1 saturated heterocycles. The third-order valence-electron chi connectivity index (χ3n) is 3.92. The summed E-state index contributed by atoms with van der Waals surface area (Å²) >= 11 is 0. The lowest BCUT2D eigenvalue weighted by atomic mass is 10.0. The van der Waals surface area contributed by atoms with Crippen LogP contribution in [0.2, 0.25) is 0 Å². The highest BCUT2D eigenvalue weighted by atomic mass is 19.1. The zero-order valence-electron chi connectivity index (χ0n) is 13.0. The Balaban J connectivity index is 1.68. The molecule has 0 aliphatic carbocycles. The fourth-order valence-corrected chi connectivity index (χ4v) is 2.74. The molecular weight excluding hydrogens is 295 g/mol. The van der Waals surface area contributed by atoms with Gasteiger partial charge in [0.2, 0.25) is 5.95 Å². The number of anilines is 2. The third-order valence-corrected chi connectivity index (χ3v) is 3.92. The van der Waals surface area contributed by atoms with Crippen LogP contribution in [0.4, 0.5) is 16.0 Å². The first kappa shape index (κ1) is 15.4. The van der Waals surface area contributed by atoms with E-state index in [4.69, 9.17) is 0 Å². The van der Waals surface area contributed by atoms with Crippen molar-refractivity contribution in [3.8, 4) is 0 Å². The van der Waals surface area contributed by atoms with Gasteiger partial charge < -0.3 is 10.2 Å². The van der Waals surface area contributed by atoms with Gasteiger partial charge in [-0.2, -0.15) is 0 Å². The molecule has 0 saturated carbocycles. The van der Waals surface area contributed by atoms with E-state index in [1.54, 1.807) is 12.1 Å². The van der Waals surface area contributed by atoms with Gasteiger partial charge >= 0.3 is 0 Å². The molecule has 1 amide bonds. The van der Waals surface area contributed by atoms with E-state index in [1.807, 2.05) is 0 Å². The van der Waals surface area contributed by atoms with Crippen LogP contribution in [0, 0.1) is 11.7 Å². The Hall–Kier alpha value is -2.50. The topological polar surface area (TPSA) is 58.1 Å². The lowest BCUT2D eigenvalue weighted by Crippen LogP contribution is -2.35. The van der Waals surface area contributed by atoms with Gasteiger partial charge in [-0.15, -0.1) is 0 Å². The Labute approximate surface area is 134 Å². The summed E-state index contributed by atoms with van der Waals surface area (Å²) in [5, 5.41) is 2.63. The molecule has 6 heteroatoms. The normalized spacial score (nSPS) is 17.8. The first-order valence-electron chi connectivity index (χ1n) is 7.76. The predicted octanol–water partition coefficient (Wildman–Crippen LogP) is 3.10. The number of aromatic nitrogens is 2. The smallest absolute Gasteiger partial charge is 0.258 e. The highest BCUT2D eigenvalue weighted by molar-refractivity contribution is 6.03. The summed E-state index contributed by atoms with van der Waals surface area (Å²) in [4.78, 5) is 22.9. The molecule has 23 heavy (non-hydrogen) atoms. The molecule has 2 aromatic rings. The highest BCUT2D eigenvalue weighted by Crippen LogP contribution is 2.19. The number of rotatable bonds is 3. The molecule has 1 aliphatic heterocycles. The van der Waals surface area contributed by atoms with Crippen LogP contribution in [0.1, 0.15) is 30.1 Å². The molecule has 1 N–H and O–H groups in total. The minimum atomic E-state index is -0.395. The monoisotopic (exact) mass is 314 g/mol. The van der Waals surface area contributed by atoms with Crippen molar-refractivity contribution in [2.75, 3.05) is 23.3 Å². The van der Waals surface area contributed by atoms with Crippen LogP contribution in [0.25, 0.3) is 0 Å². The van der Waals surface area contributed by atoms with Gasteiger partial charge in [-0.25, -0.2) is 14.4 Å². The molecule has 3 rings (SSSR count). The van der Waals surface area contributed by atoms with Crippen molar-refractivity contribution in [1.29, 1.82) is 0 Å². The van der Waals surface area contributed by atoms with Gasteiger partial charge in [0.15, 0.2) is 0 Å². The molecule has 2 heterocycles. The number of nitrogens with zero attached hydrogens (tertiary/aromatic N) is 3. The molecule has 1 atom stereocenters. The van der Waals surface area contributed by atoms with Crippen LogP contribution >= 0.6 is 0 Å². The Morgan fingerprint density at radius 1 is 1.35 bits per heavy atom. The maximum absolute atomic E-state index is 13.1. The Morgan fingerprint density at radius 3 is 2.83 bits per heavy atom. The van der Waals surface area contributed by atoms with Crippen molar-refractivity contribution in [1.82, 2.24) is 9.97 Å². The van der Waals surface area contributed by atoms with Gasteiger partial charge in [-0.3, -0.25) is 4.79 Å². The van der Waals surface area contributed by atoms with Gasteiger partial charge in [-0.1, -0.05) is 13.0 Å². The molecule has 1 fully saturated rings. The zero-order chi connectivity index (χ0) is 16.2. The Morgan fingerprint density at radius 2 is 2.13 bits per heavy atom. The zero-order valence-corrected chi connectivity index (χ0v) is 13.0. The van der Waals surface area contributed by atoms with Crippen LogP contribution in [-0.2, 0) is 0 Å². The van der Waals surface area contributed by atoms with E-state index in [0.717, 1.165) is 19.5 Å². The summed E-state index contributed by atoms with van der Waals surface area (Å²) in [5.41, 5.74) is 0.756. The van der Waals surface area contributed by atoms with Crippen molar-refractivity contribution >= 4 is 17.5 Å². The van der Waals surface area contributed by atoms with E-state index in [-0.39, 0.29) is 5.91 Å². The number of hydrogen-bond donors (Lipinski definition) is 1. The molecular formula is C17H19FN4O. The minimum absolute atomic E-state index is 0.350. The molecule has 5 nitrogen and oxygen atoms in total. The van der Waals surface area contributed by atoms with E-state index < -0.39 is 5.82 Å². The van der Waals surface area contributed by atoms with Crippen LogP contribution in [0.3, 0.4) is 0 Å². The van der Waals surface area contributed by atoms with Crippen molar-refractivity contribution in [2.45, 2.75) is 19.8 Å². The van der Waals surface area contributed by atoms with E-state index >= 15 is 0 Å². The molecule has 120 valence electrons. The summed E-state index contributed by atoms with van der Waals surface area (Å²) in [6, 6.07) is 5.77. The number of piperidine rings is 1. The molecule has 1 unspecified atom stereocenters. The predicted molar refractivity (Wildman–Crippen MR) is 87.0 cm³/mol. The number of amides is 1. The fraction of sp³-hybridized carbons (Fsp3) is 0.353. The van der Waals surface area contributed by atoms with Gasteiger partial charge in [0.25, 0.3) is 5.91 Å². The lowest BCUT2D eigenvalue weighted by Gasteiger charge is -2.30. The third kappa shape index (κ3) is 3.83. The average Bonchev–Trinajstić information content (AvgIpc) is 2.55. The fourth-order valence-electron chi connectivity index (χ4n) is 2.74. The Bertz CT molecular complexity index is 689. The van der Waals surface area contributed by atoms with Gasteiger partial charge in [0, 0.05) is 31.2 Å². The highest BCUT2D eigenvalue weighted by Gasteiger charge is 2.19. The van der Waals surface area contributed by atoms with Crippen LogP contribution in [0.15, 0.2) is 36.7 Å². The minimum Gasteiger partial charge on any atom is -0.341 e. The van der Waals surface area contributed by atoms with Gasteiger partial charge in [0.1, 0.15) is 5.82 Å².